The molecule has 2 aromatic carbocycles. The molecule has 0 aliphatic carbocycles. The van der Waals surface area contributed by atoms with E-state index in [9.17, 15) is 4.79 Å². The van der Waals surface area contributed by atoms with E-state index >= 15 is 0 Å². The van der Waals surface area contributed by atoms with Gasteiger partial charge in [-0.05, 0) is 43.0 Å². The van der Waals surface area contributed by atoms with Crippen molar-refractivity contribution >= 4 is 11.6 Å². The lowest BCUT2D eigenvalue weighted by atomic mass is 9.84. The second-order valence-corrected chi connectivity index (χ2v) is 6.15. The second kappa shape index (κ2) is 7.60. The number of hydrogen-bond donors (Lipinski definition) is 1. The Kier molecular flexibility index (Phi) is 5.27. The Morgan fingerprint density at radius 2 is 1.64 bits per heavy atom. The van der Waals surface area contributed by atoms with Gasteiger partial charge >= 0.3 is 0 Å². The fraction of sp³-hybridized carbons (Fsp3) is 0.381. The largest absolute Gasteiger partial charge is 0.490 e. The van der Waals surface area contributed by atoms with E-state index in [2.05, 4.69) is 36.5 Å². The van der Waals surface area contributed by atoms with Crippen molar-refractivity contribution in [2.24, 2.45) is 0 Å². The van der Waals surface area contributed by atoms with E-state index in [-0.39, 0.29) is 11.8 Å². The zero-order valence-corrected chi connectivity index (χ0v) is 15.1. The van der Waals surface area contributed by atoms with Gasteiger partial charge < -0.3 is 14.8 Å². The molecule has 132 valence electrons. The topological polar surface area (TPSA) is 47.6 Å². The number of nitrogens with one attached hydrogen (secondary N) is 1. The summed E-state index contributed by atoms with van der Waals surface area (Å²) in [5, 5.41) is 2.98. The van der Waals surface area contributed by atoms with Crippen LogP contribution in [0.3, 0.4) is 0 Å². The molecule has 0 saturated heterocycles. The van der Waals surface area contributed by atoms with Crippen molar-refractivity contribution < 1.29 is 14.3 Å². The van der Waals surface area contributed by atoms with E-state index in [0.29, 0.717) is 25.4 Å². The van der Waals surface area contributed by atoms with Gasteiger partial charge in [-0.2, -0.15) is 0 Å². The minimum absolute atomic E-state index is 0.0312. The highest BCUT2D eigenvalue weighted by Crippen LogP contribution is 2.43. The molecule has 1 N–H and O–H groups in total. The van der Waals surface area contributed by atoms with Gasteiger partial charge in [0.1, 0.15) is 0 Å². The van der Waals surface area contributed by atoms with Gasteiger partial charge in [0.25, 0.3) is 0 Å². The van der Waals surface area contributed by atoms with Gasteiger partial charge in [-0.1, -0.05) is 31.2 Å². The van der Waals surface area contributed by atoms with Crippen LogP contribution >= 0.6 is 0 Å². The van der Waals surface area contributed by atoms with Gasteiger partial charge in [0.05, 0.1) is 13.2 Å². The zero-order valence-electron chi connectivity index (χ0n) is 15.1. The summed E-state index contributed by atoms with van der Waals surface area (Å²) in [5.74, 6) is 1.47. The molecule has 1 amide bonds. The molecular weight excluding hydrogens is 314 g/mol. The Morgan fingerprint density at radius 1 is 1.00 bits per heavy atom. The number of carbonyl (C=O) groups excluding carboxylic acids is 1. The van der Waals surface area contributed by atoms with Crippen LogP contribution in [-0.4, -0.2) is 19.1 Å². The van der Waals surface area contributed by atoms with Crippen LogP contribution in [0.25, 0.3) is 0 Å². The number of rotatable bonds is 6. The van der Waals surface area contributed by atoms with Crippen LogP contribution in [0.1, 0.15) is 49.8 Å². The van der Waals surface area contributed by atoms with Crippen LogP contribution in [0.15, 0.2) is 36.4 Å². The number of ether oxygens (including phenoxy) is 2. The van der Waals surface area contributed by atoms with E-state index in [1.165, 1.54) is 5.56 Å². The molecule has 0 fully saturated rings. The van der Waals surface area contributed by atoms with Gasteiger partial charge in [0.2, 0.25) is 5.91 Å². The monoisotopic (exact) mass is 339 g/mol. The molecule has 1 aliphatic rings. The molecule has 1 atom stereocenters. The minimum atomic E-state index is 0.0312. The second-order valence-electron chi connectivity index (χ2n) is 6.15. The molecule has 3 rings (SSSR count). The maximum Gasteiger partial charge on any atom is 0.225 e. The predicted molar refractivity (Wildman–Crippen MR) is 99.7 cm³/mol. The summed E-state index contributed by atoms with van der Waals surface area (Å²) in [5.41, 5.74) is 4.34. The lowest BCUT2D eigenvalue weighted by molar-refractivity contribution is -0.116. The molecule has 0 radical (unpaired) electrons. The van der Waals surface area contributed by atoms with Crippen LogP contribution in [0.5, 0.6) is 11.5 Å². The highest BCUT2D eigenvalue weighted by atomic mass is 16.5. The number of hydrogen-bond acceptors (Lipinski definition) is 3. The third kappa shape index (κ3) is 3.63. The lowest BCUT2D eigenvalue weighted by Gasteiger charge is -2.27. The van der Waals surface area contributed by atoms with Gasteiger partial charge in [-0.15, -0.1) is 0 Å². The van der Waals surface area contributed by atoms with E-state index in [4.69, 9.17) is 9.47 Å². The smallest absolute Gasteiger partial charge is 0.225 e. The van der Waals surface area contributed by atoms with Gasteiger partial charge in [-0.25, -0.2) is 0 Å². The molecule has 0 saturated carbocycles. The average Bonchev–Trinajstić information content (AvgIpc) is 2.62. The number of benzene rings is 2. The predicted octanol–water partition coefficient (Wildman–Crippen LogP) is 4.52. The Labute approximate surface area is 149 Å². The lowest BCUT2D eigenvalue weighted by Crippen LogP contribution is -2.23. The van der Waals surface area contributed by atoms with Crippen molar-refractivity contribution in [2.45, 2.75) is 39.5 Å². The molecule has 1 unspecified atom stereocenters. The first-order valence-corrected chi connectivity index (χ1v) is 8.98. The highest BCUT2D eigenvalue weighted by Gasteiger charge is 2.28. The summed E-state index contributed by atoms with van der Waals surface area (Å²) >= 11 is 0. The molecule has 4 nitrogen and oxygen atoms in total. The standard InChI is InChI=1S/C21H25NO3/c1-4-14-7-9-15(10-8-14)16-12-21(23)22-18-13-20(25-6-3)19(24-5-2)11-17(16)18/h7-11,13,16H,4-6,12H2,1-3H3,(H,22,23). The molecule has 0 aromatic heterocycles. The van der Waals surface area contributed by atoms with Crippen molar-refractivity contribution in [1.82, 2.24) is 0 Å². The van der Waals surface area contributed by atoms with Crippen molar-refractivity contribution in [1.29, 1.82) is 0 Å². The van der Waals surface area contributed by atoms with E-state index in [0.717, 1.165) is 29.0 Å². The van der Waals surface area contributed by atoms with Gasteiger partial charge in [0.15, 0.2) is 11.5 Å². The molecular formula is C21H25NO3. The summed E-state index contributed by atoms with van der Waals surface area (Å²) in [4.78, 5) is 12.2. The van der Waals surface area contributed by atoms with Crippen molar-refractivity contribution in [3.8, 4) is 11.5 Å². The maximum absolute atomic E-state index is 12.2. The van der Waals surface area contributed by atoms with Crippen molar-refractivity contribution in [3.63, 3.8) is 0 Å². The van der Waals surface area contributed by atoms with Crippen LogP contribution in [0.4, 0.5) is 5.69 Å². The average molecular weight is 339 g/mol. The Bertz CT molecular complexity index is 752. The quantitative estimate of drug-likeness (QED) is 0.842. The maximum atomic E-state index is 12.2. The number of aryl methyl sites for hydroxylation is 1. The van der Waals surface area contributed by atoms with Gasteiger partial charge in [-0.3, -0.25) is 4.79 Å². The van der Waals surface area contributed by atoms with E-state index < -0.39 is 0 Å². The third-order valence-electron chi connectivity index (χ3n) is 4.54. The molecule has 25 heavy (non-hydrogen) atoms. The summed E-state index contributed by atoms with van der Waals surface area (Å²) in [7, 11) is 0. The molecule has 1 heterocycles. The number of amides is 1. The number of fused-ring (bicyclic) bond motifs is 1. The molecule has 4 heteroatoms. The fourth-order valence-electron chi connectivity index (χ4n) is 3.29. The first kappa shape index (κ1) is 17.3. The minimum Gasteiger partial charge on any atom is -0.490 e. The van der Waals surface area contributed by atoms with E-state index in [1.54, 1.807) is 0 Å². The van der Waals surface area contributed by atoms with E-state index in [1.807, 2.05) is 26.0 Å². The SMILES string of the molecule is CCOc1cc2c(cc1OCC)C(c1ccc(CC)cc1)CC(=O)N2. The molecule has 0 spiro atoms. The summed E-state index contributed by atoms with van der Waals surface area (Å²) in [6, 6.07) is 12.4. The van der Waals surface area contributed by atoms with Crippen LogP contribution in [0, 0.1) is 0 Å². The first-order valence-electron chi connectivity index (χ1n) is 8.98. The summed E-state index contributed by atoms with van der Waals surface area (Å²) in [6.07, 6.45) is 1.45. The Balaban J connectivity index is 2.05. The summed E-state index contributed by atoms with van der Waals surface area (Å²) in [6.45, 7) is 7.15. The first-order chi connectivity index (χ1) is 12.2. The van der Waals surface area contributed by atoms with Crippen LogP contribution < -0.4 is 14.8 Å². The van der Waals surface area contributed by atoms with Crippen molar-refractivity contribution in [3.05, 3.63) is 53.1 Å². The summed E-state index contributed by atoms with van der Waals surface area (Å²) < 4.78 is 11.5. The van der Waals surface area contributed by atoms with Gasteiger partial charge in [0, 0.05) is 24.1 Å². The number of carbonyl (C=O) groups is 1. The highest BCUT2D eigenvalue weighted by molar-refractivity contribution is 5.96. The zero-order chi connectivity index (χ0) is 17.8. The van der Waals surface area contributed by atoms with Crippen LogP contribution in [0.2, 0.25) is 0 Å². The molecule has 1 aliphatic heterocycles. The fourth-order valence-corrected chi connectivity index (χ4v) is 3.29. The molecule has 0 bridgehead atoms. The third-order valence-corrected chi connectivity index (χ3v) is 4.54. The van der Waals surface area contributed by atoms with Crippen LogP contribution in [-0.2, 0) is 11.2 Å². The normalized spacial score (nSPS) is 16.1. The Hall–Kier alpha value is -2.49. The molecule has 2 aromatic rings. The number of anilines is 1. The van der Waals surface area contributed by atoms with Crippen molar-refractivity contribution in [2.75, 3.05) is 18.5 Å². The Morgan fingerprint density at radius 3 is 2.24 bits per heavy atom.